The zero-order valence-corrected chi connectivity index (χ0v) is 14.2. The summed E-state index contributed by atoms with van der Waals surface area (Å²) in [5.41, 5.74) is 3.54. The summed E-state index contributed by atoms with van der Waals surface area (Å²) in [6.45, 7) is 1.61. The standard InChI is InChI=1S/C20H15NO3S/c1-11-18(23)17-15(10-25-20(17)21-19(11)24)13-8-6-12(7-9-13)14-4-2-3-5-16(14)22/h2-10,22H,1H3,(H2,21,23,24). The van der Waals surface area contributed by atoms with Crippen molar-refractivity contribution in [3.63, 3.8) is 0 Å². The Balaban J connectivity index is 1.84. The van der Waals surface area contributed by atoms with Crippen LogP contribution in [0.2, 0.25) is 0 Å². The minimum atomic E-state index is -0.270. The van der Waals surface area contributed by atoms with E-state index in [0.717, 1.165) is 22.3 Å². The average Bonchev–Trinajstić information content (AvgIpc) is 3.04. The highest BCUT2D eigenvalue weighted by molar-refractivity contribution is 7.17. The van der Waals surface area contributed by atoms with Crippen LogP contribution >= 0.6 is 11.3 Å². The molecule has 4 rings (SSSR count). The normalized spacial score (nSPS) is 11.1. The summed E-state index contributed by atoms with van der Waals surface area (Å²) >= 11 is 1.39. The van der Waals surface area contributed by atoms with Crippen molar-refractivity contribution in [2.75, 3.05) is 0 Å². The number of aromatic hydroxyl groups is 2. The molecule has 2 aromatic heterocycles. The van der Waals surface area contributed by atoms with Crippen LogP contribution in [-0.2, 0) is 0 Å². The number of benzene rings is 2. The molecule has 0 fully saturated rings. The summed E-state index contributed by atoms with van der Waals surface area (Å²) in [6.07, 6.45) is 0. The van der Waals surface area contributed by atoms with Crippen molar-refractivity contribution in [3.8, 4) is 33.8 Å². The number of thiophene rings is 1. The van der Waals surface area contributed by atoms with Gasteiger partial charge in [-0.05, 0) is 24.1 Å². The maximum atomic E-state index is 11.8. The van der Waals surface area contributed by atoms with E-state index < -0.39 is 0 Å². The SMILES string of the molecule is Cc1c(O)c2c(-c3ccc(-c4ccccc4O)cc3)csc2[nH]c1=O. The van der Waals surface area contributed by atoms with E-state index in [4.69, 9.17) is 0 Å². The zero-order valence-electron chi connectivity index (χ0n) is 13.4. The van der Waals surface area contributed by atoms with Crippen molar-refractivity contribution >= 4 is 21.6 Å². The van der Waals surface area contributed by atoms with Gasteiger partial charge >= 0.3 is 0 Å². The first-order valence-electron chi connectivity index (χ1n) is 7.78. The van der Waals surface area contributed by atoms with Crippen LogP contribution in [0.1, 0.15) is 5.56 Å². The quantitative estimate of drug-likeness (QED) is 0.493. The van der Waals surface area contributed by atoms with E-state index in [1.807, 2.05) is 41.8 Å². The lowest BCUT2D eigenvalue weighted by Crippen LogP contribution is -2.08. The molecule has 0 saturated heterocycles. The summed E-state index contributed by atoms with van der Waals surface area (Å²) in [6, 6.07) is 15.0. The number of aromatic amines is 1. The van der Waals surface area contributed by atoms with Gasteiger partial charge in [0.05, 0.1) is 10.9 Å². The van der Waals surface area contributed by atoms with Crippen LogP contribution in [0.5, 0.6) is 11.5 Å². The van der Waals surface area contributed by atoms with Gasteiger partial charge < -0.3 is 15.2 Å². The minimum Gasteiger partial charge on any atom is -0.507 e. The van der Waals surface area contributed by atoms with Crippen LogP contribution in [0, 0.1) is 6.92 Å². The molecule has 2 heterocycles. The third kappa shape index (κ3) is 2.49. The molecule has 0 radical (unpaired) electrons. The highest BCUT2D eigenvalue weighted by Gasteiger charge is 2.15. The Bertz CT molecular complexity index is 1140. The topological polar surface area (TPSA) is 73.3 Å². The second-order valence-electron chi connectivity index (χ2n) is 5.88. The molecule has 0 aliphatic rings. The Morgan fingerprint density at radius 2 is 1.56 bits per heavy atom. The highest BCUT2D eigenvalue weighted by atomic mass is 32.1. The van der Waals surface area contributed by atoms with E-state index in [2.05, 4.69) is 4.98 Å². The molecule has 5 heteroatoms. The van der Waals surface area contributed by atoms with E-state index in [9.17, 15) is 15.0 Å². The molecule has 3 N–H and O–H groups in total. The van der Waals surface area contributed by atoms with Crippen LogP contribution in [0.4, 0.5) is 0 Å². The number of fused-ring (bicyclic) bond motifs is 1. The lowest BCUT2D eigenvalue weighted by molar-refractivity contribution is 0.476. The Kier molecular flexibility index (Phi) is 3.58. The van der Waals surface area contributed by atoms with E-state index in [-0.39, 0.29) is 17.1 Å². The van der Waals surface area contributed by atoms with Crippen molar-refractivity contribution in [1.29, 1.82) is 0 Å². The molecule has 0 aliphatic carbocycles. The van der Waals surface area contributed by atoms with Gasteiger partial charge in [-0.15, -0.1) is 11.3 Å². The molecule has 2 aromatic carbocycles. The third-order valence-electron chi connectivity index (χ3n) is 4.36. The first kappa shape index (κ1) is 15.5. The van der Waals surface area contributed by atoms with E-state index in [1.54, 1.807) is 19.1 Å². The monoisotopic (exact) mass is 349 g/mol. The Morgan fingerprint density at radius 3 is 2.24 bits per heavy atom. The van der Waals surface area contributed by atoms with Gasteiger partial charge in [0.2, 0.25) is 0 Å². The van der Waals surface area contributed by atoms with Crippen molar-refractivity contribution in [1.82, 2.24) is 4.98 Å². The number of nitrogens with one attached hydrogen (secondary N) is 1. The summed E-state index contributed by atoms with van der Waals surface area (Å²) in [5.74, 6) is 0.266. The Morgan fingerprint density at radius 1 is 0.920 bits per heavy atom. The number of phenolic OH excluding ortho intramolecular Hbond substituents is 1. The predicted octanol–water partition coefficient (Wildman–Crippen LogP) is 4.64. The van der Waals surface area contributed by atoms with Crippen LogP contribution in [-0.4, -0.2) is 15.2 Å². The fourth-order valence-corrected chi connectivity index (χ4v) is 3.90. The lowest BCUT2D eigenvalue weighted by Gasteiger charge is -2.07. The number of aromatic nitrogens is 1. The summed E-state index contributed by atoms with van der Waals surface area (Å²) in [7, 11) is 0. The Hall–Kier alpha value is -3.05. The van der Waals surface area contributed by atoms with E-state index in [1.165, 1.54) is 11.3 Å². The molecule has 0 atom stereocenters. The molecule has 0 spiro atoms. The summed E-state index contributed by atoms with van der Waals surface area (Å²) in [5, 5.41) is 23.0. The van der Waals surface area contributed by atoms with Gasteiger partial charge in [0.1, 0.15) is 16.3 Å². The first-order valence-corrected chi connectivity index (χ1v) is 8.66. The summed E-state index contributed by atoms with van der Waals surface area (Å²) in [4.78, 5) is 15.3. The number of H-pyrrole nitrogens is 1. The molecule has 25 heavy (non-hydrogen) atoms. The van der Waals surface area contributed by atoms with E-state index in [0.29, 0.717) is 15.8 Å². The molecule has 4 nitrogen and oxygen atoms in total. The fourth-order valence-electron chi connectivity index (χ4n) is 2.94. The molecular weight excluding hydrogens is 334 g/mol. The highest BCUT2D eigenvalue weighted by Crippen LogP contribution is 2.39. The molecule has 124 valence electrons. The van der Waals surface area contributed by atoms with Crippen molar-refractivity contribution in [2.24, 2.45) is 0 Å². The lowest BCUT2D eigenvalue weighted by atomic mass is 9.99. The van der Waals surface area contributed by atoms with Crippen LogP contribution in [0.15, 0.2) is 58.7 Å². The second kappa shape index (κ2) is 5.79. The van der Waals surface area contributed by atoms with Gasteiger partial charge in [0.25, 0.3) is 5.56 Å². The Labute approximate surface area is 147 Å². The second-order valence-corrected chi connectivity index (χ2v) is 6.76. The number of rotatable bonds is 2. The number of pyridine rings is 1. The van der Waals surface area contributed by atoms with E-state index >= 15 is 0 Å². The van der Waals surface area contributed by atoms with Crippen molar-refractivity contribution in [2.45, 2.75) is 6.92 Å². The van der Waals surface area contributed by atoms with Gasteiger partial charge in [0.15, 0.2) is 0 Å². The van der Waals surface area contributed by atoms with Crippen LogP contribution in [0.3, 0.4) is 0 Å². The summed E-state index contributed by atoms with van der Waals surface area (Å²) < 4.78 is 0. The smallest absolute Gasteiger partial charge is 0.255 e. The van der Waals surface area contributed by atoms with Crippen LogP contribution < -0.4 is 5.56 Å². The van der Waals surface area contributed by atoms with Gasteiger partial charge in [-0.25, -0.2) is 0 Å². The number of para-hydroxylation sites is 1. The predicted molar refractivity (Wildman–Crippen MR) is 101 cm³/mol. The molecule has 0 saturated carbocycles. The molecule has 0 unspecified atom stereocenters. The minimum absolute atomic E-state index is 0.0276. The van der Waals surface area contributed by atoms with Gasteiger partial charge in [-0.1, -0.05) is 42.5 Å². The molecule has 0 amide bonds. The van der Waals surface area contributed by atoms with Crippen molar-refractivity contribution < 1.29 is 10.2 Å². The maximum Gasteiger partial charge on any atom is 0.255 e. The third-order valence-corrected chi connectivity index (χ3v) is 5.26. The fraction of sp³-hybridized carbons (Fsp3) is 0.0500. The van der Waals surface area contributed by atoms with Gasteiger partial charge in [-0.3, -0.25) is 4.79 Å². The van der Waals surface area contributed by atoms with Gasteiger partial charge in [-0.2, -0.15) is 0 Å². The first-order chi connectivity index (χ1) is 12.1. The number of phenols is 1. The molecule has 0 bridgehead atoms. The molecule has 4 aromatic rings. The number of hydrogen-bond donors (Lipinski definition) is 3. The van der Waals surface area contributed by atoms with Gasteiger partial charge in [0, 0.05) is 16.5 Å². The number of hydrogen-bond acceptors (Lipinski definition) is 4. The van der Waals surface area contributed by atoms with Crippen LogP contribution in [0.25, 0.3) is 32.5 Å². The van der Waals surface area contributed by atoms with Crippen molar-refractivity contribution in [3.05, 3.63) is 69.8 Å². The molecule has 0 aliphatic heterocycles. The zero-order chi connectivity index (χ0) is 17.6. The average molecular weight is 349 g/mol. The molecular formula is C20H15NO3S. The largest absolute Gasteiger partial charge is 0.507 e. The maximum absolute atomic E-state index is 11.8.